The van der Waals surface area contributed by atoms with Crippen LogP contribution < -0.4 is 0 Å². The Morgan fingerprint density at radius 1 is 1.60 bits per heavy atom. The van der Waals surface area contributed by atoms with Gasteiger partial charge in [-0.2, -0.15) is 9.78 Å². The first-order valence-electron chi connectivity index (χ1n) is 4.90. The standard InChI is InChI=1S/C11H16N2O2/c1-5-6-9-7-8-13(12-9)10(14)15-11(2,3)4/h1,7-8H,5-6H2,2-4H3. The van der Waals surface area contributed by atoms with E-state index < -0.39 is 11.7 Å². The predicted octanol–water partition coefficient (Wildman–Crippen LogP) is 2.31. The average Bonchev–Trinajstić information content (AvgIpc) is 2.50. The molecule has 0 bridgehead atoms. The second kappa shape index (κ2) is 4.47. The number of rotatable bonds is 2. The van der Waals surface area contributed by atoms with Crippen LogP contribution in [0.15, 0.2) is 12.3 Å². The summed E-state index contributed by atoms with van der Waals surface area (Å²) >= 11 is 0. The summed E-state index contributed by atoms with van der Waals surface area (Å²) in [6.45, 7) is 10.8. The van der Waals surface area contributed by atoms with Crippen LogP contribution in [0.1, 0.15) is 32.9 Å². The van der Waals surface area contributed by atoms with E-state index >= 15 is 0 Å². The Morgan fingerprint density at radius 2 is 2.27 bits per heavy atom. The zero-order valence-electron chi connectivity index (χ0n) is 9.36. The fourth-order valence-electron chi connectivity index (χ4n) is 1.05. The van der Waals surface area contributed by atoms with Gasteiger partial charge >= 0.3 is 6.09 Å². The molecule has 2 radical (unpaired) electrons. The van der Waals surface area contributed by atoms with Crippen LogP contribution in [0.5, 0.6) is 0 Å². The van der Waals surface area contributed by atoms with Crippen LogP contribution in [0.25, 0.3) is 0 Å². The lowest BCUT2D eigenvalue weighted by molar-refractivity contribution is 0.0514. The van der Waals surface area contributed by atoms with Gasteiger partial charge in [0, 0.05) is 6.20 Å². The Hall–Kier alpha value is -1.32. The van der Waals surface area contributed by atoms with Crippen LogP contribution >= 0.6 is 0 Å². The highest BCUT2D eigenvalue weighted by molar-refractivity contribution is 5.69. The third-order valence-electron chi connectivity index (χ3n) is 1.63. The minimum Gasteiger partial charge on any atom is -0.442 e. The lowest BCUT2D eigenvalue weighted by Crippen LogP contribution is -2.27. The van der Waals surface area contributed by atoms with Crippen molar-refractivity contribution in [1.82, 2.24) is 9.78 Å². The molecule has 0 saturated carbocycles. The maximum atomic E-state index is 11.5. The molecule has 0 aromatic carbocycles. The molecular formula is C11H16N2O2. The molecule has 4 heteroatoms. The minimum atomic E-state index is -0.503. The van der Waals surface area contributed by atoms with Crippen LogP contribution in [0.2, 0.25) is 0 Å². The molecule has 1 aromatic rings. The van der Waals surface area contributed by atoms with Crippen LogP contribution in [0.3, 0.4) is 0 Å². The SMILES string of the molecule is [CH]CCc1ccn(C(=O)OC(C)(C)C)n1. The quantitative estimate of drug-likeness (QED) is 0.749. The van der Waals surface area contributed by atoms with Gasteiger partial charge in [0.05, 0.1) is 5.69 Å². The maximum absolute atomic E-state index is 11.5. The van der Waals surface area contributed by atoms with E-state index in [-0.39, 0.29) is 0 Å². The summed E-state index contributed by atoms with van der Waals surface area (Å²) in [4.78, 5) is 11.5. The van der Waals surface area contributed by atoms with Gasteiger partial charge in [-0.05, 0) is 46.6 Å². The summed E-state index contributed by atoms with van der Waals surface area (Å²) in [5.41, 5.74) is 0.292. The number of nitrogens with zero attached hydrogens (tertiary/aromatic N) is 2. The van der Waals surface area contributed by atoms with Gasteiger partial charge in [-0.3, -0.25) is 0 Å². The Bertz CT molecular complexity index is 337. The number of hydrogen-bond acceptors (Lipinski definition) is 3. The molecule has 15 heavy (non-hydrogen) atoms. The second-order valence-electron chi connectivity index (χ2n) is 4.27. The van der Waals surface area contributed by atoms with Gasteiger partial charge in [0.1, 0.15) is 5.60 Å². The van der Waals surface area contributed by atoms with E-state index in [0.717, 1.165) is 5.69 Å². The molecule has 0 aliphatic rings. The van der Waals surface area contributed by atoms with Crippen molar-refractivity contribution in [3.8, 4) is 0 Å². The molecule has 82 valence electrons. The second-order valence-corrected chi connectivity index (χ2v) is 4.27. The summed E-state index contributed by atoms with van der Waals surface area (Å²) in [6, 6.07) is 1.76. The highest BCUT2D eigenvalue weighted by atomic mass is 16.6. The number of carbonyl (C=O) groups is 1. The van der Waals surface area contributed by atoms with E-state index in [2.05, 4.69) is 5.10 Å². The topological polar surface area (TPSA) is 44.1 Å². The summed E-state index contributed by atoms with van der Waals surface area (Å²) in [5, 5.41) is 4.05. The average molecular weight is 208 g/mol. The normalized spacial score (nSPS) is 11.5. The van der Waals surface area contributed by atoms with Crippen molar-refractivity contribution in [2.24, 2.45) is 0 Å². The van der Waals surface area contributed by atoms with E-state index in [1.807, 2.05) is 20.8 Å². The molecule has 0 atom stereocenters. The van der Waals surface area contributed by atoms with Crippen LogP contribution in [0, 0.1) is 6.92 Å². The van der Waals surface area contributed by atoms with E-state index in [9.17, 15) is 4.79 Å². The van der Waals surface area contributed by atoms with E-state index in [1.165, 1.54) is 4.68 Å². The third kappa shape index (κ3) is 3.73. The van der Waals surface area contributed by atoms with Crippen LogP contribution in [0.4, 0.5) is 4.79 Å². The van der Waals surface area contributed by atoms with Gasteiger partial charge < -0.3 is 4.74 Å². The highest BCUT2D eigenvalue weighted by Crippen LogP contribution is 2.09. The van der Waals surface area contributed by atoms with Crippen molar-refractivity contribution >= 4 is 6.09 Å². The molecule has 0 fully saturated rings. The Balaban J connectivity index is 2.66. The summed E-state index contributed by atoms with van der Waals surface area (Å²) < 4.78 is 6.34. The molecular weight excluding hydrogens is 192 g/mol. The Kier molecular flexibility index (Phi) is 3.50. The van der Waals surface area contributed by atoms with Gasteiger partial charge in [-0.1, -0.05) is 0 Å². The van der Waals surface area contributed by atoms with Gasteiger partial charge in [0.15, 0.2) is 0 Å². The number of carbonyl (C=O) groups excluding carboxylic acids is 1. The van der Waals surface area contributed by atoms with Crippen molar-refractivity contribution in [2.75, 3.05) is 0 Å². The van der Waals surface area contributed by atoms with Gasteiger partial charge in [0.2, 0.25) is 0 Å². The largest absolute Gasteiger partial charge is 0.442 e. The lowest BCUT2D eigenvalue weighted by atomic mass is 10.2. The predicted molar refractivity (Wildman–Crippen MR) is 56.5 cm³/mol. The molecule has 1 aromatic heterocycles. The van der Waals surface area contributed by atoms with E-state index in [0.29, 0.717) is 12.8 Å². The fourth-order valence-corrected chi connectivity index (χ4v) is 1.05. The highest BCUT2D eigenvalue weighted by Gasteiger charge is 2.18. The summed E-state index contributed by atoms with van der Waals surface area (Å²) in [5.74, 6) is 0. The number of ether oxygens (including phenoxy) is 1. The molecule has 1 rings (SSSR count). The Morgan fingerprint density at radius 3 is 2.80 bits per heavy atom. The molecule has 0 N–H and O–H groups in total. The smallest absolute Gasteiger partial charge is 0.435 e. The molecule has 0 aliphatic carbocycles. The van der Waals surface area contributed by atoms with Crippen molar-refractivity contribution < 1.29 is 9.53 Å². The lowest BCUT2D eigenvalue weighted by Gasteiger charge is -2.18. The van der Waals surface area contributed by atoms with Gasteiger partial charge in [-0.25, -0.2) is 4.79 Å². The van der Waals surface area contributed by atoms with Crippen molar-refractivity contribution in [3.05, 3.63) is 24.9 Å². The van der Waals surface area contributed by atoms with Gasteiger partial charge in [-0.15, -0.1) is 0 Å². The molecule has 4 nitrogen and oxygen atoms in total. The number of hydrogen-bond donors (Lipinski definition) is 0. The van der Waals surface area contributed by atoms with Crippen molar-refractivity contribution in [2.45, 2.75) is 39.2 Å². The first-order chi connectivity index (χ1) is 6.92. The van der Waals surface area contributed by atoms with E-state index in [4.69, 9.17) is 11.7 Å². The number of aryl methyl sites for hydroxylation is 1. The zero-order valence-corrected chi connectivity index (χ0v) is 9.36. The molecule has 0 amide bonds. The minimum absolute atomic E-state index is 0.467. The molecule has 1 heterocycles. The summed E-state index contributed by atoms with van der Waals surface area (Å²) in [6.07, 6.45) is 2.30. The van der Waals surface area contributed by atoms with Crippen LogP contribution in [-0.4, -0.2) is 21.5 Å². The monoisotopic (exact) mass is 208 g/mol. The first kappa shape index (κ1) is 11.8. The zero-order chi connectivity index (χ0) is 11.5. The molecule has 0 spiro atoms. The van der Waals surface area contributed by atoms with Gasteiger partial charge in [0.25, 0.3) is 0 Å². The fraction of sp³-hybridized carbons (Fsp3) is 0.545. The third-order valence-corrected chi connectivity index (χ3v) is 1.63. The number of aromatic nitrogens is 2. The van der Waals surface area contributed by atoms with Crippen molar-refractivity contribution in [1.29, 1.82) is 0 Å². The van der Waals surface area contributed by atoms with E-state index in [1.54, 1.807) is 12.3 Å². The Labute approximate surface area is 90.2 Å². The van der Waals surface area contributed by atoms with Crippen molar-refractivity contribution in [3.63, 3.8) is 0 Å². The maximum Gasteiger partial charge on any atom is 0.435 e. The van der Waals surface area contributed by atoms with Crippen LogP contribution in [-0.2, 0) is 11.2 Å². The molecule has 0 aliphatic heterocycles. The molecule has 0 unspecified atom stereocenters. The molecule has 0 saturated heterocycles. The summed E-state index contributed by atoms with van der Waals surface area (Å²) in [7, 11) is 0. The first-order valence-corrected chi connectivity index (χ1v) is 4.90.